The summed E-state index contributed by atoms with van der Waals surface area (Å²) in [5, 5.41) is 3.54. The lowest BCUT2D eigenvalue weighted by Crippen LogP contribution is -2.53. The zero-order valence-electron chi connectivity index (χ0n) is 23.2. The Morgan fingerprint density at radius 2 is 1.56 bits per heavy atom. The smallest absolute Gasteiger partial charge is 0.264 e. The topological polar surface area (TPSA) is 86.8 Å². The first-order valence-corrected chi connectivity index (χ1v) is 15.9. The van der Waals surface area contributed by atoms with E-state index in [-0.39, 0.29) is 39.1 Å². The lowest BCUT2D eigenvalue weighted by Gasteiger charge is -2.32. The average molecular weight is 617 g/mol. The van der Waals surface area contributed by atoms with Gasteiger partial charge in [-0.05, 0) is 69.0 Å². The Kier molecular flexibility index (Phi) is 10.3. The number of anilines is 1. The molecule has 0 saturated heterocycles. The highest BCUT2D eigenvalue weighted by Crippen LogP contribution is 2.30. The van der Waals surface area contributed by atoms with Crippen molar-refractivity contribution in [2.45, 2.75) is 62.9 Å². The third kappa shape index (κ3) is 8.03. The summed E-state index contributed by atoms with van der Waals surface area (Å²) in [5.41, 5.74) is 2.05. The number of sulfonamides is 1. The van der Waals surface area contributed by atoms with Gasteiger partial charge < -0.3 is 10.2 Å². The number of hydrogen-bond acceptors (Lipinski definition) is 4. The maximum absolute atomic E-state index is 14.0. The maximum Gasteiger partial charge on any atom is 0.264 e. The van der Waals surface area contributed by atoms with Crippen LogP contribution in [-0.2, 0) is 26.0 Å². The van der Waals surface area contributed by atoms with Crippen molar-refractivity contribution in [2.75, 3.05) is 17.4 Å². The molecule has 0 radical (unpaired) electrons. The van der Waals surface area contributed by atoms with Crippen molar-refractivity contribution in [3.05, 3.63) is 94.0 Å². The summed E-state index contributed by atoms with van der Waals surface area (Å²) < 4.78 is 28.9. The Bertz CT molecular complexity index is 1440. The number of hydrogen-bond donors (Lipinski definition) is 1. The van der Waals surface area contributed by atoms with Gasteiger partial charge >= 0.3 is 0 Å². The zero-order chi connectivity index (χ0) is 29.6. The molecule has 3 aromatic carbocycles. The summed E-state index contributed by atoms with van der Waals surface area (Å²) in [6, 6.07) is 19.7. The van der Waals surface area contributed by atoms with Crippen LogP contribution in [0.4, 0.5) is 5.69 Å². The Labute approximate surface area is 252 Å². The van der Waals surface area contributed by atoms with Crippen LogP contribution in [0.25, 0.3) is 0 Å². The zero-order valence-corrected chi connectivity index (χ0v) is 25.6. The van der Waals surface area contributed by atoms with Gasteiger partial charge in [-0.25, -0.2) is 8.42 Å². The van der Waals surface area contributed by atoms with Crippen molar-refractivity contribution in [3.8, 4) is 0 Å². The fraction of sp³-hybridized carbons (Fsp3) is 0.355. The molecular formula is C31H35Cl2N3O4S. The highest BCUT2D eigenvalue weighted by atomic mass is 35.5. The Balaban J connectivity index is 1.67. The number of nitrogens with zero attached hydrogens (tertiary/aromatic N) is 2. The minimum atomic E-state index is -4.20. The van der Waals surface area contributed by atoms with Crippen LogP contribution in [0.3, 0.4) is 0 Å². The second-order valence-corrected chi connectivity index (χ2v) is 13.2. The van der Waals surface area contributed by atoms with Crippen molar-refractivity contribution >= 4 is 50.7 Å². The second-order valence-electron chi connectivity index (χ2n) is 10.4. The molecule has 0 heterocycles. The van der Waals surface area contributed by atoms with E-state index in [4.69, 9.17) is 23.2 Å². The van der Waals surface area contributed by atoms with Gasteiger partial charge in [0.1, 0.15) is 12.6 Å². The molecule has 0 aromatic heterocycles. The largest absolute Gasteiger partial charge is 0.352 e. The first-order chi connectivity index (χ1) is 19.5. The van der Waals surface area contributed by atoms with Crippen LogP contribution in [0.15, 0.2) is 77.7 Å². The van der Waals surface area contributed by atoms with Gasteiger partial charge in [0.15, 0.2) is 0 Å². The molecule has 1 aliphatic carbocycles. The number of rotatable bonds is 11. The molecule has 0 unspecified atom stereocenters. The van der Waals surface area contributed by atoms with E-state index in [9.17, 15) is 18.0 Å². The fourth-order valence-corrected chi connectivity index (χ4v) is 6.92. The van der Waals surface area contributed by atoms with Gasteiger partial charge in [-0.1, -0.05) is 84.1 Å². The summed E-state index contributed by atoms with van der Waals surface area (Å²) in [5.74, 6) is -0.765. The minimum Gasteiger partial charge on any atom is -0.352 e. The number of aryl methyl sites for hydroxylation is 1. The third-order valence-corrected chi connectivity index (χ3v) is 9.60. The Morgan fingerprint density at radius 3 is 2.17 bits per heavy atom. The average Bonchev–Trinajstić information content (AvgIpc) is 3.45. The molecule has 218 valence electrons. The quantitative estimate of drug-likeness (QED) is 0.286. The summed E-state index contributed by atoms with van der Waals surface area (Å²) in [7, 11) is -4.20. The van der Waals surface area contributed by atoms with E-state index in [1.165, 1.54) is 35.2 Å². The van der Waals surface area contributed by atoms with Gasteiger partial charge in [0.05, 0.1) is 10.6 Å². The van der Waals surface area contributed by atoms with Crippen molar-refractivity contribution in [3.63, 3.8) is 0 Å². The standard InChI is InChI=1S/C31H35Cl2N3O4S/c1-22-12-14-29(15-13-22)41(39,40)36(28-19-25(32)18-26(33)20-28)21-30(37)35(17-16-24-8-4-3-5-9-24)23(2)31(38)34-27-10-6-7-11-27/h3-5,8-9,12-15,18-20,23,27H,6-7,10-11,16-17,21H2,1-2H3,(H,34,38)/t23-/m0/s1. The second kappa shape index (κ2) is 13.7. The molecule has 3 aromatic rings. The molecule has 1 atom stereocenters. The number of halogens is 2. The molecule has 10 heteroatoms. The Morgan fingerprint density at radius 1 is 0.951 bits per heavy atom. The number of carbonyl (C=O) groups is 2. The van der Waals surface area contributed by atoms with Crippen LogP contribution < -0.4 is 9.62 Å². The molecule has 4 rings (SSSR count). The van der Waals surface area contributed by atoms with Gasteiger partial charge in [0, 0.05) is 22.6 Å². The Hall–Kier alpha value is -3.07. The van der Waals surface area contributed by atoms with Crippen LogP contribution in [0.2, 0.25) is 10.0 Å². The lowest BCUT2D eigenvalue weighted by atomic mass is 10.1. The van der Waals surface area contributed by atoms with Crippen LogP contribution in [0, 0.1) is 6.92 Å². The van der Waals surface area contributed by atoms with E-state index in [2.05, 4.69) is 5.32 Å². The highest BCUT2D eigenvalue weighted by molar-refractivity contribution is 7.92. The predicted octanol–water partition coefficient (Wildman–Crippen LogP) is 6.02. The van der Waals surface area contributed by atoms with E-state index in [0.717, 1.165) is 41.1 Å². The van der Waals surface area contributed by atoms with Gasteiger partial charge in [0.25, 0.3) is 10.0 Å². The molecule has 1 fully saturated rings. The molecule has 0 spiro atoms. The van der Waals surface area contributed by atoms with Crippen molar-refractivity contribution in [1.29, 1.82) is 0 Å². The SMILES string of the molecule is Cc1ccc(S(=O)(=O)N(CC(=O)N(CCc2ccccc2)[C@@H](C)C(=O)NC2CCCC2)c2cc(Cl)cc(Cl)c2)cc1. The van der Waals surface area contributed by atoms with Crippen LogP contribution in [0.1, 0.15) is 43.7 Å². The first kappa shape index (κ1) is 30.9. The number of nitrogens with one attached hydrogen (secondary N) is 1. The predicted molar refractivity (Wildman–Crippen MR) is 164 cm³/mol. The molecule has 1 saturated carbocycles. The van der Waals surface area contributed by atoms with E-state index in [1.54, 1.807) is 19.1 Å². The molecule has 41 heavy (non-hydrogen) atoms. The van der Waals surface area contributed by atoms with E-state index in [0.29, 0.717) is 6.42 Å². The first-order valence-electron chi connectivity index (χ1n) is 13.7. The van der Waals surface area contributed by atoms with Gasteiger partial charge in [-0.2, -0.15) is 0 Å². The van der Waals surface area contributed by atoms with Crippen LogP contribution >= 0.6 is 23.2 Å². The summed E-state index contributed by atoms with van der Waals surface area (Å²) in [6.45, 7) is 3.23. The van der Waals surface area contributed by atoms with Gasteiger partial charge in [0.2, 0.25) is 11.8 Å². The van der Waals surface area contributed by atoms with Crippen molar-refractivity contribution < 1.29 is 18.0 Å². The molecular weight excluding hydrogens is 581 g/mol. The van der Waals surface area contributed by atoms with Crippen LogP contribution in [0.5, 0.6) is 0 Å². The fourth-order valence-electron chi connectivity index (χ4n) is 5.01. The van der Waals surface area contributed by atoms with E-state index in [1.807, 2.05) is 37.3 Å². The maximum atomic E-state index is 14.0. The van der Waals surface area contributed by atoms with Gasteiger partial charge in [-0.15, -0.1) is 0 Å². The van der Waals surface area contributed by atoms with Crippen molar-refractivity contribution in [1.82, 2.24) is 10.2 Å². The molecule has 7 nitrogen and oxygen atoms in total. The molecule has 1 N–H and O–H groups in total. The third-order valence-electron chi connectivity index (χ3n) is 7.38. The van der Waals surface area contributed by atoms with Gasteiger partial charge in [-0.3, -0.25) is 13.9 Å². The highest BCUT2D eigenvalue weighted by Gasteiger charge is 2.33. The molecule has 0 bridgehead atoms. The molecule has 0 aliphatic heterocycles. The van der Waals surface area contributed by atoms with E-state index >= 15 is 0 Å². The number of amides is 2. The monoisotopic (exact) mass is 615 g/mol. The van der Waals surface area contributed by atoms with Crippen molar-refractivity contribution in [2.24, 2.45) is 0 Å². The number of benzene rings is 3. The molecule has 2 amide bonds. The minimum absolute atomic E-state index is 0.0230. The molecule has 1 aliphatic rings. The van der Waals surface area contributed by atoms with E-state index < -0.39 is 28.5 Å². The summed E-state index contributed by atoms with van der Waals surface area (Å²) >= 11 is 12.5. The normalized spacial score (nSPS) is 14.4. The summed E-state index contributed by atoms with van der Waals surface area (Å²) in [4.78, 5) is 28.8. The number of carbonyl (C=O) groups excluding carboxylic acids is 2. The van der Waals surface area contributed by atoms with Crippen LogP contribution in [-0.4, -0.2) is 50.3 Å². The summed E-state index contributed by atoms with van der Waals surface area (Å²) in [6.07, 6.45) is 4.44. The lowest BCUT2D eigenvalue weighted by molar-refractivity contribution is -0.139.